The number of nitrogens with zero attached hydrogens (tertiary/aromatic N) is 2. The molecule has 2 heterocycles. The predicted molar refractivity (Wildman–Crippen MR) is 97.7 cm³/mol. The fourth-order valence-electron chi connectivity index (χ4n) is 3.26. The molecule has 0 spiro atoms. The number of carbonyl (C=O) groups is 1. The van der Waals surface area contributed by atoms with Crippen LogP contribution in [0.3, 0.4) is 0 Å². The predicted octanol–water partition coefficient (Wildman–Crippen LogP) is 2.66. The number of benzene rings is 2. The number of anilines is 2. The highest BCUT2D eigenvalue weighted by molar-refractivity contribution is 5.96. The van der Waals surface area contributed by atoms with Crippen molar-refractivity contribution in [2.45, 2.75) is 25.9 Å². The lowest BCUT2D eigenvalue weighted by Gasteiger charge is -2.29. The summed E-state index contributed by atoms with van der Waals surface area (Å²) in [6.45, 7) is 2.42. The SMILES string of the molecule is C[C@H]1CC(=O)Nc2ccccc2N1Cc1nc2ccccc2c(=O)[nH]1. The van der Waals surface area contributed by atoms with Gasteiger partial charge in [0.15, 0.2) is 0 Å². The summed E-state index contributed by atoms with van der Waals surface area (Å²) in [5.41, 5.74) is 2.23. The van der Waals surface area contributed by atoms with E-state index in [4.69, 9.17) is 0 Å². The first-order valence-corrected chi connectivity index (χ1v) is 8.25. The molecule has 0 radical (unpaired) electrons. The van der Waals surface area contributed by atoms with Gasteiger partial charge in [-0.05, 0) is 31.2 Å². The fourth-order valence-corrected chi connectivity index (χ4v) is 3.26. The highest BCUT2D eigenvalue weighted by Crippen LogP contribution is 2.31. The van der Waals surface area contributed by atoms with Crippen LogP contribution in [0.15, 0.2) is 53.3 Å². The van der Waals surface area contributed by atoms with Gasteiger partial charge in [-0.3, -0.25) is 9.59 Å². The second-order valence-electron chi connectivity index (χ2n) is 6.28. The number of carbonyl (C=O) groups excluding carboxylic acids is 1. The Morgan fingerprint density at radius 2 is 1.88 bits per heavy atom. The summed E-state index contributed by atoms with van der Waals surface area (Å²) in [4.78, 5) is 33.9. The number of H-pyrrole nitrogens is 1. The van der Waals surface area contributed by atoms with E-state index in [9.17, 15) is 9.59 Å². The largest absolute Gasteiger partial charge is 0.359 e. The van der Waals surface area contributed by atoms with E-state index in [0.717, 1.165) is 11.4 Å². The van der Waals surface area contributed by atoms with Gasteiger partial charge in [0, 0.05) is 12.5 Å². The first-order chi connectivity index (χ1) is 12.1. The van der Waals surface area contributed by atoms with E-state index in [1.165, 1.54) is 0 Å². The molecule has 1 aromatic heterocycles. The number of fused-ring (bicyclic) bond motifs is 2. The van der Waals surface area contributed by atoms with Crippen molar-refractivity contribution in [2.75, 3.05) is 10.2 Å². The van der Waals surface area contributed by atoms with Crippen molar-refractivity contribution in [3.8, 4) is 0 Å². The zero-order valence-electron chi connectivity index (χ0n) is 13.8. The van der Waals surface area contributed by atoms with Crippen LogP contribution >= 0.6 is 0 Å². The average Bonchev–Trinajstić information content (AvgIpc) is 2.71. The number of para-hydroxylation sites is 3. The third-order valence-corrected chi connectivity index (χ3v) is 4.48. The minimum Gasteiger partial charge on any atom is -0.359 e. The molecular weight excluding hydrogens is 316 g/mol. The van der Waals surface area contributed by atoms with Gasteiger partial charge in [-0.2, -0.15) is 0 Å². The molecule has 1 atom stereocenters. The molecule has 25 heavy (non-hydrogen) atoms. The normalized spacial score (nSPS) is 17.1. The molecule has 6 nitrogen and oxygen atoms in total. The van der Waals surface area contributed by atoms with Crippen molar-refractivity contribution in [3.05, 3.63) is 64.7 Å². The topological polar surface area (TPSA) is 78.1 Å². The molecule has 0 unspecified atom stereocenters. The first kappa shape index (κ1) is 15.4. The number of amides is 1. The number of rotatable bonds is 2. The van der Waals surface area contributed by atoms with Gasteiger partial charge in [-0.15, -0.1) is 0 Å². The van der Waals surface area contributed by atoms with Crippen LogP contribution in [-0.4, -0.2) is 21.9 Å². The lowest BCUT2D eigenvalue weighted by molar-refractivity contribution is -0.116. The van der Waals surface area contributed by atoms with Crippen LogP contribution in [0.4, 0.5) is 11.4 Å². The van der Waals surface area contributed by atoms with Crippen LogP contribution < -0.4 is 15.8 Å². The zero-order valence-corrected chi connectivity index (χ0v) is 13.8. The van der Waals surface area contributed by atoms with E-state index in [2.05, 4.69) is 20.2 Å². The minimum absolute atomic E-state index is 0.0117. The van der Waals surface area contributed by atoms with Crippen molar-refractivity contribution in [1.82, 2.24) is 9.97 Å². The van der Waals surface area contributed by atoms with E-state index in [1.54, 1.807) is 6.07 Å². The van der Waals surface area contributed by atoms with Gasteiger partial charge in [0.2, 0.25) is 5.91 Å². The Labute approximate surface area is 144 Å². The lowest BCUT2D eigenvalue weighted by Crippen LogP contribution is -2.34. The summed E-state index contributed by atoms with van der Waals surface area (Å²) in [5.74, 6) is 0.571. The summed E-state index contributed by atoms with van der Waals surface area (Å²) < 4.78 is 0. The van der Waals surface area contributed by atoms with Crippen LogP contribution in [0.2, 0.25) is 0 Å². The Bertz CT molecular complexity index is 1010. The maximum absolute atomic E-state index is 12.3. The standard InChI is InChI=1S/C19H18N4O2/c1-12-10-18(24)21-15-8-4-5-9-16(15)23(12)11-17-20-14-7-3-2-6-13(14)19(25)22-17/h2-9,12H,10-11H2,1H3,(H,21,24)(H,20,22,25)/t12-/m0/s1. The number of hydrogen-bond acceptors (Lipinski definition) is 4. The molecule has 6 heteroatoms. The number of nitrogens with one attached hydrogen (secondary N) is 2. The van der Waals surface area contributed by atoms with Crippen LogP contribution in [-0.2, 0) is 11.3 Å². The molecule has 0 aliphatic carbocycles. The lowest BCUT2D eigenvalue weighted by atomic mass is 10.1. The highest BCUT2D eigenvalue weighted by atomic mass is 16.1. The Morgan fingerprint density at radius 1 is 1.12 bits per heavy atom. The molecule has 4 rings (SSSR count). The maximum atomic E-state index is 12.3. The van der Waals surface area contributed by atoms with Gasteiger partial charge in [-0.1, -0.05) is 24.3 Å². The van der Waals surface area contributed by atoms with E-state index < -0.39 is 0 Å². The number of hydrogen-bond donors (Lipinski definition) is 2. The second-order valence-corrected chi connectivity index (χ2v) is 6.28. The maximum Gasteiger partial charge on any atom is 0.258 e. The monoisotopic (exact) mass is 334 g/mol. The van der Waals surface area contributed by atoms with Gasteiger partial charge < -0.3 is 15.2 Å². The van der Waals surface area contributed by atoms with Gasteiger partial charge in [-0.25, -0.2) is 4.98 Å². The summed E-state index contributed by atoms with van der Waals surface area (Å²) in [6.07, 6.45) is 0.381. The molecule has 0 saturated heterocycles. The molecule has 126 valence electrons. The van der Waals surface area contributed by atoms with Crippen LogP contribution in [0.25, 0.3) is 10.9 Å². The van der Waals surface area contributed by atoms with E-state index in [1.807, 2.05) is 49.4 Å². The molecule has 0 fully saturated rings. The molecule has 2 N–H and O–H groups in total. The molecule has 1 aliphatic heterocycles. The van der Waals surface area contributed by atoms with Crippen molar-refractivity contribution in [1.29, 1.82) is 0 Å². The molecular formula is C19H18N4O2. The zero-order chi connectivity index (χ0) is 17.4. The average molecular weight is 334 g/mol. The number of aromatic amines is 1. The van der Waals surface area contributed by atoms with Crippen LogP contribution in [0.1, 0.15) is 19.2 Å². The third kappa shape index (κ3) is 2.87. The Balaban J connectivity index is 1.77. The third-order valence-electron chi connectivity index (χ3n) is 4.48. The van der Waals surface area contributed by atoms with Crippen LogP contribution in [0, 0.1) is 0 Å². The molecule has 2 aromatic carbocycles. The molecule has 0 bridgehead atoms. The van der Waals surface area contributed by atoms with Gasteiger partial charge in [0.1, 0.15) is 5.82 Å². The molecule has 0 saturated carbocycles. The van der Waals surface area contributed by atoms with Crippen molar-refractivity contribution < 1.29 is 4.79 Å². The molecule has 1 aliphatic rings. The minimum atomic E-state index is -0.148. The molecule has 3 aromatic rings. The van der Waals surface area contributed by atoms with Gasteiger partial charge >= 0.3 is 0 Å². The quantitative estimate of drug-likeness (QED) is 0.755. The summed E-state index contributed by atoms with van der Waals surface area (Å²) in [6, 6.07) is 15.0. The van der Waals surface area contributed by atoms with Crippen molar-refractivity contribution in [2.24, 2.45) is 0 Å². The summed E-state index contributed by atoms with van der Waals surface area (Å²) in [7, 11) is 0. The van der Waals surface area contributed by atoms with Crippen molar-refractivity contribution in [3.63, 3.8) is 0 Å². The van der Waals surface area contributed by atoms with Gasteiger partial charge in [0.05, 0.1) is 28.8 Å². The Hall–Kier alpha value is -3.15. The molecule has 1 amide bonds. The Kier molecular flexibility index (Phi) is 3.72. The van der Waals surface area contributed by atoms with E-state index >= 15 is 0 Å². The van der Waals surface area contributed by atoms with Gasteiger partial charge in [0.25, 0.3) is 5.56 Å². The smallest absolute Gasteiger partial charge is 0.258 e. The van der Waals surface area contributed by atoms with Crippen LogP contribution in [0.5, 0.6) is 0 Å². The van der Waals surface area contributed by atoms with Crippen molar-refractivity contribution >= 4 is 28.2 Å². The highest BCUT2D eigenvalue weighted by Gasteiger charge is 2.25. The first-order valence-electron chi connectivity index (χ1n) is 8.25. The number of aromatic nitrogens is 2. The Morgan fingerprint density at radius 3 is 2.76 bits per heavy atom. The fraction of sp³-hybridized carbons (Fsp3) is 0.211. The van der Waals surface area contributed by atoms with E-state index in [-0.39, 0.29) is 17.5 Å². The summed E-state index contributed by atoms with van der Waals surface area (Å²) in [5, 5.41) is 3.51. The second kappa shape index (κ2) is 6.05. The summed E-state index contributed by atoms with van der Waals surface area (Å²) >= 11 is 0. The van der Waals surface area contributed by atoms with E-state index in [0.29, 0.717) is 29.7 Å².